The van der Waals surface area contributed by atoms with Crippen LogP contribution < -0.4 is 16.6 Å². The van der Waals surface area contributed by atoms with Crippen LogP contribution in [0.3, 0.4) is 0 Å². The molecule has 4 N–H and O–H groups in total. The zero-order chi connectivity index (χ0) is 20.9. The van der Waals surface area contributed by atoms with Crippen molar-refractivity contribution >= 4 is 46.3 Å². The van der Waals surface area contributed by atoms with Crippen molar-refractivity contribution in [3.63, 3.8) is 0 Å². The molecule has 10 heteroatoms. The highest BCUT2D eigenvalue weighted by Crippen LogP contribution is 2.24. The van der Waals surface area contributed by atoms with Gasteiger partial charge >= 0.3 is 0 Å². The Kier molecular flexibility index (Phi) is 5.66. The third-order valence-electron chi connectivity index (χ3n) is 4.18. The summed E-state index contributed by atoms with van der Waals surface area (Å²) in [7, 11) is 0. The number of fused-ring (bicyclic) bond motifs is 1. The molecule has 9 nitrogen and oxygen atoms in total. The largest absolute Gasteiger partial charge is 0.460 e. The average Bonchev–Trinajstić information content (AvgIpc) is 3.32. The molecule has 0 bridgehead atoms. The number of hydrazone groups is 1. The van der Waals surface area contributed by atoms with E-state index in [1.165, 1.54) is 22.7 Å². The predicted molar refractivity (Wildman–Crippen MR) is 118 cm³/mol. The molecule has 2 aromatic heterocycles. The second-order valence-electron chi connectivity index (χ2n) is 6.36. The first-order valence-corrected chi connectivity index (χ1v) is 10.0. The van der Waals surface area contributed by atoms with Gasteiger partial charge in [0, 0.05) is 11.1 Å². The van der Waals surface area contributed by atoms with Gasteiger partial charge < -0.3 is 15.6 Å². The number of anilines is 2. The van der Waals surface area contributed by atoms with Crippen LogP contribution in [0.15, 0.2) is 69.3 Å². The normalized spacial score (nSPS) is 11.2. The summed E-state index contributed by atoms with van der Waals surface area (Å²) in [6.07, 6.45) is 1.51. The van der Waals surface area contributed by atoms with E-state index in [-0.39, 0.29) is 17.6 Å². The standard InChI is InChI=1S/C20H19N7O2S/c1-13-9-10-15(29-13)11-22-24-19-25-26-20(27(19)21)30-12-18(28)23-17-8-4-6-14-5-2-3-7-16(14)17/h2-11H,12,21H2,1H3,(H,23,28)(H,24,25)/b22-11+. The first-order valence-electron chi connectivity index (χ1n) is 9.06. The van der Waals surface area contributed by atoms with Gasteiger partial charge in [-0.25, -0.2) is 10.1 Å². The fourth-order valence-electron chi connectivity index (χ4n) is 2.78. The SMILES string of the molecule is Cc1ccc(/C=N/Nc2nnc(SCC(=O)Nc3cccc4ccccc34)n2N)o1. The van der Waals surface area contributed by atoms with Crippen molar-refractivity contribution in [2.75, 3.05) is 22.3 Å². The van der Waals surface area contributed by atoms with Crippen LogP contribution in [0, 0.1) is 6.92 Å². The maximum Gasteiger partial charge on any atom is 0.264 e. The maximum absolute atomic E-state index is 12.4. The first kappa shape index (κ1) is 19.5. The Morgan fingerprint density at radius 2 is 2.03 bits per heavy atom. The van der Waals surface area contributed by atoms with Gasteiger partial charge in [0.15, 0.2) is 0 Å². The van der Waals surface area contributed by atoms with Gasteiger partial charge in [0.1, 0.15) is 11.5 Å². The molecule has 0 unspecified atom stereocenters. The number of aryl methyl sites for hydroxylation is 1. The molecule has 152 valence electrons. The number of carbonyl (C=O) groups excluding carboxylic acids is 1. The molecule has 2 aromatic carbocycles. The van der Waals surface area contributed by atoms with Crippen LogP contribution in [0.2, 0.25) is 0 Å². The Labute approximate surface area is 176 Å². The molecule has 0 spiro atoms. The number of benzene rings is 2. The first-order chi connectivity index (χ1) is 14.6. The van der Waals surface area contributed by atoms with Gasteiger partial charge in [-0.15, -0.1) is 10.2 Å². The lowest BCUT2D eigenvalue weighted by molar-refractivity contribution is -0.113. The summed E-state index contributed by atoms with van der Waals surface area (Å²) in [5.74, 6) is 7.58. The number of aromatic nitrogens is 3. The Balaban J connectivity index is 1.34. The highest BCUT2D eigenvalue weighted by Gasteiger charge is 2.13. The van der Waals surface area contributed by atoms with Gasteiger partial charge in [-0.3, -0.25) is 4.79 Å². The Morgan fingerprint density at radius 3 is 2.87 bits per heavy atom. The van der Waals surface area contributed by atoms with E-state index in [1.807, 2.05) is 55.5 Å². The van der Waals surface area contributed by atoms with E-state index in [1.54, 1.807) is 6.07 Å². The third kappa shape index (κ3) is 4.44. The number of thioether (sulfide) groups is 1. The molecular weight excluding hydrogens is 402 g/mol. The lowest BCUT2D eigenvalue weighted by Gasteiger charge is -2.08. The van der Waals surface area contributed by atoms with Crippen molar-refractivity contribution in [1.29, 1.82) is 0 Å². The van der Waals surface area contributed by atoms with Crippen LogP contribution in [-0.4, -0.2) is 32.7 Å². The quantitative estimate of drug-likeness (QED) is 0.181. The summed E-state index contributed by atoms with van der Waals surface area (Å²) in [6.45, 7) is 1.85. The number of nitrogens with one attached hydrogen (secondary N) is 2. The van der Waals surface area contributed by atoms with Gasteiger partial charge in [-0.1, -0.05) is 48.2 Å². The van der Waals surface area contributed by atoms with E-state index in [2.05, 4.69) is 26.0 Å². The number of amides is 1. The molecule has 0 fully saturated rings. The van der Waals surface area contributed by atoms with Gasteiger partial charge in [-0.2, -0.15) is 5.10 Å². The molecule has 2 heterocycles. The summed E-state index contributed by atoms with van der Waals surface area (Å²) in [6, 6.07) is 17.3. The summed E-state index contributed by atoms with van der Waals surface area (Å²) < 4.78 is 6.62. The predicted octanol–water partition coefficient (Wildman–Crippen LogP) is 3.22. The van der Waals surface area contributed by atoms with Gasteiger partial charge in [0.05, 0.1) is 12.0 Å². The lowest BCUT2D eigenvalue weighted by atomic mass is 10.1. The Morgan fingerprint density at radius 1 is 1.20 bits per heavy atom. The minimum Gasteiger partial charge on any atom is -0.460 e. The molecule has 0 saturated heterocycles. The van der Waals surface area contributed by atoms with Crippen molar-refractivity contribution < 1.29 is 9.21 Å². The minimum atomic E-state index is -0.167. The molecular formula is C20H19N7O2S. The molecule has 4 aromatic rings. The van der Waals surface area contributed by atoms with E-state index in [9.17, 15) is 4.79 Å². The molecule has 1 amide bonds. The maximum atomic E-state index is 12.4. The summed E-state index contributed by atoms with van der Waals surface area (Å²) in [5, 5.41) is 17.3. The zero-order valence-corrected chi connectivity index (χ0v) is 16.9. The number of furan rings is 1. The number of rotatable bonds is 7. The molecule has 0 aliphatic carbocycles. The van der Waals surface area contributed by atoms with Crippen LogP contribution in [0.1, 0.15) is 11.5 Å². The molecule has 0 radical (unpaired) electrons. The third-order valence-corrected chi connectivity index (χ3v) is 5.12. The Bertz CT molecular complexity index is 1210. The van der Waals surface area contributed by atoms with E-state index in [0.29, 0.717) is 10.9 Å². The highest BCUT2D eigenvalue weighted by atomic mass is 32.2. The van der Waals surface area contributed by atoms with E-state index >= 15 is 0 Å². The zero-order valence-electron chi connectivity index (χ0n) is 16.1. The minimum absolute atomic E-state index is 0.132. The van der Waals surface area contributed by atoms with Gasteiger partial charge in [-0.05, 0) is 30.5 Å². The molecule has 0 saturated carbocycles. The van der Waals surface area contributed by atoms with Crippen molar-refractivity contribution in [2.45, 2.75) is 12.1 Å². The van der Waals surface area contributed by atoms with Crippen LogP contribution in [0.4, 0.5) is 11.6 Å². The topological polar surface area (TPSA) is 123 Å². The number of hydrogen-bond donors (Lipinski definition) is 3. The van der Waals surface area contributed by atoms with E-state index < -0.39 is 0 Å². The molecule has 0 aliphatic heterocycles. The number of nitrogens with two attached hydrogens (primary N) is 1. The number of hydrogen-bond acceptors (Lipinski definition) is 8. The van der Waals surface area contributed by atoms with E-state index in [4.69, 9.17) is 10.3 Å². The molecule has 30 heavy (non-hydrogen) atoms. The monoisotopic (exact) mass is 421 g/mol. The van der Waals surface area contributed by atoms with Gasteiger partial charge in [0.25, 0.3) is 5.95 Å². The summed E-state index contributed by atoms with van der Waals surface area (Å²) in [5.41, 5.74) is 3.46. The smallest absolute Gasteiger partial charge is 0.264 e. The number of carbonyl (C=O) groups is 1. The fourth-order valence-corrected chi connectivity index (χ4v) is 3.44. The summed E-state index contributed by atoms with van der Waals surface area (Å²) in [4.78, 5) is 12.4. The molecule has 0 atom stereocenters. The lowest BCUT2D eigenvalue weighted by Crippen LogP contribution is -2.17. The van der Waals surface area contributed by atoms with Crippen molar-refractivity contribution in [3.8, 4) is 0 Å². The fraction of sp³-hybridized carbons (Fsp3) is 0.100. The van der Waals surface area contributed by atoms with Crippen LogP contribution >= 0.6 is 11.8 Å². The van der Waals surface area contributed by atoms with Crippen LogP contribution in [-0.2, 0) is 4.79 Å². The van der Waals surface area contributed by atoms with Crippen molar-refractivity contribution in [2.24, 2.45) is 5.10 Å². The molecule has 4 rings (SSSR count). The second-order valence-corrected chi connectivity index (χ2v) is 7.30. The Hall–Kier alpha value is -3.79. The summed E-state index contributed by atoms with van der Waals surface area (Å²) >= 11 is 1.18. The van der Waals surface area contributed by atoms with Crippen LogP contribution in [0.5, 0.6) is 0 Å². The highest BCUT2D eigenvalue weighted by molar-refractivity contribution is 7.99. The second kappa shape index (κ2) is 8.70. The molecule has 0 aliphatic rings. The van der Waals surface area contributed by atoms with Crippen molar-refractivity contribution in [3.05, 3.63) is 66.1 Å². The number of nitrogen functional groups attached to an aromatic ring is 1. The van der Waals surface area contributed by atoms with Crippen LogP contribution in [0.25, 0.3) is 10.8 Å². The van der Waals surface area contributed by atoms with Gasteiger partial charge in [0.2, 0.25) is 11.1 Å². The average molecular weight is 421 g/mol. The number of nitrogens with zero attached hydrogens (tertiary/aromatic N) is 4. The van der Waals surface area contributed by atoms with E-state index in [0.717, 1.165) is 22.2 Å². The van der Waals surface area contributed by atoms with Crippen molar-refractivity contribution in [1.82, 2.24) is 14.9 Å².